The molecule has 4 rings (SSSR count). The van der Waals surface area contributed by atoms with Gasteiger partial charge in [0, 0.05) is 19.4 Å². The molecule has 9 heteroatoms. The van der Waals surface area contributed by atoms with E-state index in [9.17, 15) is 14.0 Å². The van der Waals surface area contributed by atoms with Crippen LogP contribution >= 0.6 is 11.3 Å². The number of hydrogen-bond donors (Lipinski definition) is 2. The van der Waals surface area contributed by atoms with E-state index < -0.39 is 11.9 Å². The number of imidazole rings is 1. The van der Waals surface area contributed by atoms with Crippen LogP contribution in [0.3, 0.4) is 0 Å². The van der Waals surface area contributed by atoms with Crippen molar-refractivity contribution in [3.63, 3.8) is 0 Å². The smallest absolute Gasteiger partial charge is 0.291 e. The molecule has 3 aromatic heterocycles. The molecule has 0 aliphatic heterocycles. The van der Waals surface area contributed by atoms with Crippen molar-refractivity contribution >= 4 is 28.2 Å². The lowest BCUT2D eigenvalue weighted by Crippen LogP contribution is -2.31. The molecule has 7 nitrogen and oxygen atoms in total. The van der Waals surface area contributed by atoms with E-state index in [-0.39, 0.29) is 17.5 Å². The second kappa shape index (κ2) is 8.57. The highest BCUT2D eigenvalue weighted by Crippen LogP contribution is 2.29. The average Bonchev–Trinajstić information content (AvgIpc) is 3.48. The van der Waals surface area contributed by atoms with Crippen LogP contribution in [0.4, 0.5) is 9.39 Å². The number of benzene rings is 1. The van der Waals surface area contributed by atoms with Crippen LogP contribution in [0.15, 0.2) is 65.5 Å². The molecule has 0 saturated carbocycles. The summed E-state index contributed by atoms with van der Waals surface area (Å²) in [5.41, 5.74) is 1.42. The molecule has 4 aromatic rings. The van der Waals surface area contributed by atoms with Gasteiger partial charge in [-0.25, -0.2) is 9.37 Å². The largest absolute Gasteiger partial charge is 0.459 e. The van der Waals surface area contributed by atoms with Gasteiger partial charge in [-0.3, -0.25) is 9.59 Å². The maximum absolute atomic E-state index is 13.4. The summed E-state index contributed by atoms with van der Waals surface area (Å²) in [5, 5.41) is 6.25. The first-order valence-electron chi connectivity index (χ1n) is 9.41. The van der Waals surface area contributed by atoms with Crippen LogP contribution in [0.2, 0.25) is 0 Å². The van der Waals surface area contributed by atoms with Gasteiger partial charge in [-0.05, 0) is 48.4 Å². The van der Waals surface area contributed by atoms with E-state index >= 15 is 0 Å². The zero-order valence-corrected chi connectivity index (χ0v) is 17.6. The summed E-state index contributed by atoms with van der Waals surface area (Å²) in [7, 11) is 1.82. The monoisotopic (exact) mass is 438 g/mol. The van der Waals surface area contributed by atoms with Gasteiger partial charge in [0.15, 0.2) is 5.76 Å². The molecular formula is C22H19FN4O3S. The Bertz CT molecular complexity index is 1210. The molecule has 158 valence electrons. The predicted octanol–water partition coefficient (Wildman–Crippen LogP) is 4.29. The summed E-state index contributed by atoms with van der Waals surface area (Å²) in [6.45, 7) is 1.79. The van der Waals surface area contributed by atoms with Crippen molar-refractivity contribution in [1.82, 2.24) is 14.9 Å². The second-order valence-electron chi connectivity index (χ2n) is 6.91. The number of anilines is 1. The van der Waals surface area contributed by atoms with Gasteiger partial charge in [0.2, 0.25) is 0 Å². The third-order valence-electron chi connectivity index (χ3n) is 4.70. The minimum Gasteiger partial charge on any atom is -0.459 e. The SMILES string of the molecule is Cc1cc(NC(=O)c2ccco2)sc1C(=O)NC(c1ccc(F)cc1)c1nccn1C. The summed E-state index contributed by atoms with van der Waals surface area (Å²) in [6.07, 6.45) is 4.83. The molecule has 1 atom stereocenters. The third-order valence-corrected chi connectivity index (χ3v) is 5.85. The Morgan fingerprint density at radius 2 is 1.97 bits per heavy atom. The van der Waals surface area contributed by atoms with Gasteiger partial charge in [0.05, 0.1) is 16.1 Å². The van der Waals surface area contributed by atoms with Crippen molar-refractivity contribution in [1.29, 1.82) is 0 Å². The number of thiophene rings is 1. The number of nitrogens with zero attached hydrogens (tertiary/aromatic N) is 2. The molecule has 2 N–H and O–H groups in total. The number of rotatable bonds is 6. The van der Waals surface area contributed by atoms with E-state index in [0.717, 1.165) is 16.9 Å². The molecule has 1 aromatic carbocycles. The topological polar surface area (TPSA) is 89.2 Å². The lowest BCUT2D eigenvalue weighted by atomic mass is 10.1. The molecule has 0 radical (unpaired) electrons. The van der Waals surface area contributed by atoms with Gasteiger partial charge in [-0.1, -0.05) is 12.1 Å². The number of halogens is 1. The minimum absolute atomic E-state index is 0.184. The highest BCUT2D eigenvalue weighted by Gasteiger charge is 2.24. The standard InChI is InChI=1S/C22H19FN4O3S/c1-13-12-17(25-21(28)16-4-3-11-30-16)31-19(13)22(29)26-18(20-24-9-10-27(20)2)14-5-7-15(23)8-6-14/h3-12,18H,1-2H3,(H,25,28)(H,26,29). The Hall–Kier alpha value is -3.72. The fourth-order valence-electron chi connectivity index (χ4n) is 3.15. The average molecular weight is 438 g/mol. The highest BCUT2D eigenvalue weighted by atomic mass is 32.1. The summed E-state index contributed by atoms with van der Waals surface area (Å²) in [5.74, 6) is -0.280. The van der Waals surface area contributed by atoms with E-state index in [1.807, 2.05) is 7.05 Å². The zero-order valence-electron chi connectivity index (χ0n) is 16.8. The lowest BCUT2D eigenvalue weighted by molar-refractivity contribution is 0.0943. The lowest BCUT2D eigenvalue weighted by Gasteiger charge is -2.19. The van der Waals surface area contributed by atoms with Crippen molar-refractivity contribution in [2.45, 2.75) is 13.0 Å². The van der Waals surface area contributed by atoms with Crippen LogP contribution in [0.1, 0.15) is 43.2 Å². The van der Waals surface area contributed by atoms with Gasteiger partial charge in [-0.15, -0.1) is 11.3 Å². The van der Waals surface area contributed by atoms with Crippen LogP contribution in [0, 0.1) is 12.7 Å². The van der Waals surface area contributed by atoms with Gasteiger partial charge in [0.1, 0.15) is 17.7 Å². The molecule has 0 spiro atoms. The van der Waals surface area contributed by atoms with Crippen molar-refractivity contribution in [2.24, 2.45) is 7.05 Å². The Morgan fingerprint density at radius 1 is 1.19 bits per heavy atom. The number of furan rings is 1. The first-order valence-corrected chi connectivity index (χ1v) is 10.2. The first kappa shape index (κ1) is 20.5. The number of carbonyl (C=O) groups excluding carboxylic acids is 2. The summed E-state index contributed by atoms with van der Waals surface area (Å²) < 4.78 is 20.3. The third kappa shape index (κ3) is 4.41. The molecule has 0 saturated heterocycles. The van der Waals surface area contributed by atoms with Gasteiger partial charge >= 0.3 is 0 Å². The fourth-order valence-corrected chi connectivity index (χ4v) is 4.13. The molecule has 1 unspecified atom stereocenters. The molecule has 0 aliphatic rings. The Labute approximate surface area is 181 Å². The second-order valence-corrected chi connectivity index (χ2v) is 7.96. The maximum atomic E-state index is 13.4. The summed E-state index contributed by atoms with van der Waals surface area (Å²) in [6, 6.07) is 10.3. The van der Waals surface area contributed by atoms with Gasteiger partial charge < -0.3 is 19.6 Å². The van der Waals surface area contributed by atoms with Crippen LogP contribution in [-0.2, 0) is 7.05 Å². The van der Waals surface area contributed by atoms with E-state index in [1.54, 1.807) is 54.2 Å². The number of aryl methyl sites for hydroxylation is 2. The van der Waals surface area contributed by atoms with Crippen LogP contribution in [0.5, 0.6) is 0 Å². The number of nitrogens with one attached hydrogen (secondary N) is 2. The molecule has 0 aliphatic carbocycles. The summed E-state index contributed by atoms with van der Waals surface area (Å²) >= 11 is 1.16. The van der Waals surface area contributed by atoms with Gasteiger partial charge in [0.25, 0.3) is 11.8 Å². The first-order chi connectivity index (χ1) is 14.9. The van der Waals surface area contributed by atoms with E-state index in [0.29, 0.717) is 21.3 Å². The molecule has 0 fully saturated rings. The van der Waals surface area contributed by atoms with Crippen LogP contribution in [-0.4, -0.2) is 21.4 Å². The van der Waals surface area contributed by atoms with E-state index in [2.05, 4.69) is 15.6 Å². The molecule has 3 heterocycles. The zero-order chi connectivity index (χ0) is 22.0. The maximum Gasteiger partial charge on any atom is 0.291 e. The number of aromatic nitrogens is 2. The molecule has 2 amide bonds. The Kier molecular flexibility index (Phi) is 5.68. The highest BCUT2D eigenvalue weighted by molar-refractivity contribution is 7.18. The van der Waals surface area contributed by atoms with Crippen molar-refractivity contribution < 1.29 is 18.4 Å². The Morgan fingerprint density at radius 3 is 2.61 bits per heavy atom. The van der Waals surface area contributed by atoms with E-state index in [4.69, 9.17) is 4.42 Å². The fraction of sp³-hybridized carbons (Fsp3) is 0.136. The van der Waals surface area contributed by atoms with Gasteiger partial charge in [-0.2, -0.15) is 0 Å². The molecular weight excluding hydrogens is 419 g/mol. The normalized spacial score (nSPS) is 11.8. The van der Waals surface area contributed by atoms with Crippen molar-refractivity contribution in [2.75, 3.05) is 5.32 Å². The van der Waals surface area contributed by atoms with Crippen LogP contribution in [0.25, 0.3) is 0 Å². The molecule has 0 bridgehead atoms. The van der Waals surface area contributed by atoms with Crippen LogP contribution < -0.4 is 10.6 Å². The van der Waals surface area contributed by atoms with Crippen molar-refractivity contribution in [3.05, 3.63) is 94.5 Å². The summed E-state index contributed by atoms with van der Waals surface area (Å²) in [4.78, 5) is 30.1. The number of carbonyl (C=O) groups is 2. The number of hydrogen-bond acceptors (Lipinski definition) is 5. The number of amides is 2. The molecule has 31 heavy (non-hydrogen) atoms. The quantitative estimate of drug-likeness (QED) is 0.470. The Balaban J connectivity index is 1.57. The van der Waals surface area contributed by atoms with Crippen molar-refractivity contribution in [3.8, 4) is 0 Å². The minimum atomic E-state index is -0.573. The van der Waals surface area contributed by atoms with E-state index in [1.165, 1.54) is 18.4 Å². The predicted molar refractivity (Wildman–Crippen MR) is 115 cm³/mol.